The Morgan fingerprint density at radius 3 is 2.56 bits per heavy atom. The number of hydrogen-bond acceptors (Lipinski definition) is 2. The molecule has 2 unspecified atom stereocenters. The van der Waals surface area contributed by atoms with E-state index in [1.807, 2.05) is 29.2 Å². The molecule has 4 rings (SSSR count). The van der Waals surface area contributed by atoms with E-state index >= 15 is 0 Å². The summed E-state index contributed by atoms with van der Waals surface area (Å²) >= 11 is 5.93. The third-order valence-corrected chi connectivity index (χ3v) is 6.73. The third-order valence-electron chi connectivity index (χ3n) is 6.48. The lowest BCUT2D eigenvalue weighted by Crippen LogP contribution is -2.50. The van der Waals surface area contributed by atoms with Gasteiger partial charge in [-0.3, -0.25) is 4.79 Å². The maximum Gasteiger partial charge on any atom is 0.239 e. The van der Waals surface area contributed by atoms with Crippen LogP contribution in [0.15, 0.2) is 48.5 Å². The molecule has 2 aromatic carbocycles. The fourth-order valence-corrected chi connectivity index (χ4v) is 5.17. The second-order valence-corrected chi connectivity index (χ2v) is 8.67. The number of rotatable bonds is 3. The van der Waals surface area contributed by atoms with Crippen molar-refractivity contribution in [2.75, 3.05) is 13.1 Å². The largest absolute Gasteiger partial charge is 0.341 e. The van der Waals surface area contributed by atoms with Crippen LogP contribution in [0.1, 0.15) is 48.8 Å². The molecular formula is C23H27ClN2O. The molecule has 1 aliphatic carbocycles. The van der Waals surface area contributed by atoms with E-state index in [1.54, 1.807) is 0 Å². The van der Waals surface area contributed by atoms with Gasteiger partial charge in [0, 0.05) is 18.1 Å². The molecule has 1 spiro atoms. The van der Waals surface area contributed by atoms with Crippen molar-refractivity contribution in [1.82, 2.24) is 4.90 Å². The Balaban J connectivity index is 1.40. The summed E-state index contributed by atoms with van der Waals surface area (Å²) in [4.78, 5) is 14.8. The van der Waals surface area contributed by atoms with Crippen molar-refractivity contribution >= 4 is 17.5 Å². The molecule has 1 heterocycles. The van der Waals surface area contributed by atoms with Gasteiger partial charge in [0.15, 0.2) is 0 Å². The van der Waals surface area contributed by atoms with E-state index in [0.29, 0.717) is 17.4 Å². The second kappa shape index (κ2) is 7.29. The fraction of sp³-hybridized carbons (Fsp3) is 0.435. The Bertz CT molecular complexity index is 825. The molecule has 1 amide bonds. The van der Waals surface area contributed by atoms with Gasteiger partial charge in [0.25, 0.3) is 0 Å². The van der Waals surface area contributed by atoms with E-state index in [9.17, 15) is 4.79 Å². The summed E-state index contributed by atoms with van der Waals surface area (Å²) < 4.78 is 0. The number of piperidine rings is 1. The lowest BCUT2D eigenvalue weighted by atomic mass is 9.73. The normalized spacial score (nSPS) is 21.9. The zero-order chi connectivity index (χ0) is 19.0. The molecule has 2 aromatic rings. The lowest BCUT2D eigenvalue weighted by Gasteiger charge is -2.41. The highest BCUT2D eigenvalue weighted by Crippen LogP contribution is 2.51. The highest BCUT2D eigenvalue weighted by atomic mass is 35.5. The van der Waals surface area contributed by atoms with Gasteiger partial charge in [-0.05, 0) is 65.8 Å². The van der Waals surface area contributed by atoms with Gasteiger partial charge in [-0.2, -0.15) is 0 Å². The van der Waals surface area contributed by atoms with Gasteiger partial charge < -0.3 is 10.6 Å². The van der Waals surface area contributed by atoms with Crippen LogP contribution in [-0.2, 0) is 16.6 Å². The van der Waals surface area contributed by atoms with Crippen LogP contribution in [0.25, 0.3) is 0 Å². The van der Waals surface area contributed by atoms with Gasteiger partial charge in [-0.15, -0.1) is 0 Å². The van der Waals surface area contributed by atoms with Crippen molar-refractivity contribution in [1.29, 1.82) is 0 Å². The van der Waals surface area contributed by atoms with Crippen molar-refractivity contribution in [3.8, 4) is 0 Å². The average molecular weight is 383 g/mol. The molecule has 1 fully saturated rings. The van der Waals surface area contributed by atoms with Gasteiger partial charge in [-0.1, -0.05) is 54.9 Å². The SMILES string of the molecule is CC1CC2(CCN(C(=O)C(N)Cc3ccc(Cl)cc3)CC2)c2ccccc21. The quantitative estimate of drug-likeness (QED) is 0.861. The first-order chi connectivity index (χ1) is 13.0. The standard InChI is InChI=1S/C23H27ClN2O/c1-16-15-23(20-5-3-2-4-19(16)20)10-12-26(13-11-23)22(27)21(25)14-17-6-8-18(24)9-7-17/h2-9,16,21H,10-15,25H2,1H3. The Hall–Kier alpha value is -1.84. The van der Waals surface area contributed by atoms with Crippen molar-refractivity contribution in [3.63, 3.8) is 0 Å². The average Bonchev–Trinajstić information content (AvgIpc) is 2.96. The summed E-state index contributed by atoms with van der Waals surface area (Å²) in [6.07, 6.45) is 3.82. The minimum atomic E-state index is -0.491. The molecule has 1 aliphatic heterocycles. The maximum atomic E-state index is 12.9. The summed E-state index contributed by atoms with van der Waals surface area (Å²) in [5.74, 6) is 0.676. The topological polar surface area (TPSA) is 46.3 Å². The fourth-order valence-electron chi connectivity index (χ4n) is 5.04. The van der Waals surface area contributed by atoms with E-state index in [1.165, 1.54) is 17.5 Å². The molecule has 2 N–H and O–H groups in total. The van der Waals surface area contributed by atoms with Crippen LogP contribution < -0.4 is 5.73 Å². The van der Waals surface area contributed by atoms with E-state index in [2.05, 4.69) is 31.2 Å². The molecule has 0 radical (unpaired) electrons. The van der Waals surface area contributed by atoms with E-state index < -0.39 is 6.04 Å². The highest BCUT2D eigenvalue weighted by molar-refractivity contribution is 6.30. The smallest absolute Gasteiger partial charge is 0.239 e. The van der Waals surface area contributed by atoms with Gasteiger partial charge in [-0.25, -0.2) is 0 Å². The van der Waals surface area contributed by atoms with Crippen LogP contribution in [0.4, 0.5) is 0 Å². The first kappa shape index (κ1) is 18.5. The minimum Gasteiger partial charge on any atom is -0.341 e. The maximum absolute atomic E-state index is 12.9. The molecule has 0 bridgehead atoms. The van der Waals surface area contributed by atoms with Crippen LogP contribution in [0.2, 0.25) is 5.02 Å². The molecule has 142 valence electrons. The summed E-state index contributed by atoms with van der Waals surface area (Å²) in [5.41, 5.74) is 10.5. The van der Waals surface area contributed by atoms with Gasteiger partial charge in [0.1, 0.15) is 0 Å². The highest BCUT2D eigenvalue weighted by Gasteiger charge is 2.44. The molecular weight excluding hydrogens is 356 g/mol. The molecule has 0 aromatic heterocycles. The van der Waals surface area contributed by atoms with E-state index in [4.69, 9.17) is 17.3 Å². The number of nitrogens with zero attached hydrogens (tertiary/aromatic N) is 1. The first-order valence-electron chi connectivity index (χ1n) is 9.87. The number of hydrogen-bond donors (Lipinski definition) is 1. The summed E-state index contributed by atoms with van der Waals surface area (Å²) in [7, 11) is 0. The predicted octanol–water partition coefficient (Wildman–Crippen LogP) is 4.28. The molecule has 2 aliphatic rings. The molecule has 3 nitrogen and oxygen atoms in total. The Morgan fingerprint density at radius 1 is 1.19 bits per heavy atom. The zero-order valence-corrected chi connectivity index (χ0v) is 16.6. The van der Waals surface area contributed by atoms with Gasteiger partial charge >= 0.3 is 0 Å². The molecule has 27 heavy (non-hydrogen) atoms. The second-order valence-electron chi connectivity index (χ2n) is 8.24. The van der Waals surface area contributed by atoms with Crippen molar-refractivity contribution in [2.24, 2.45) is 5.73 Å². The number of nitrogens with two attached hydrogens (primary N) is 1. The number of likely N-dealkylation sites (tertiary alicyclic amines) is 1. The monoisotopic (exact) mass is 382 g/mol. The van der Waals surface area contributed by atoms with Gasteiger partial charge in [0.05, 0.1) is 6.04 Å². The van der Waals surface area contributed by atoms with Crippen molar-refractivity contribution in [3.05, 3.63) is 70.2 Å². The molecule has 0 saturated carbocycles. The molecule has 2 atom stereocenters. The Labute approximate surface area is 166 Å². The number of fused-ring (bicyclic) bond motifs is 2. The van der Waals surface area contributed by atoms with Crippen molar-refractivity contribution < 1.29 is 4.79 Å². The number of amides is 1. The van der Waals surface area contributed by atoms with Crippen LogP contribution in [-0.4, -0.2) is 29.9 Å². The van der Waals surface area contributed by atoms with E-state index in [-0.39, 0.29) is 11.3 Å². The molecule has 1 saturated heterocycles. The number of halogens is 1. The number of carbonyl (C=O) groups excluding carboxylic acids is 1. The van der Waals surface area contributed by atoms with Crippen LogP contribution in [0.3, 0.4) is 0 Å². The number of carbonyl (C=O) groups is 1. The first-order valence-corrected chi connectivity index (χ1v) is 10.2. The molecule has 4 heteroatoms. The minimum absolute atomic E-state index is 0.0686. The zero-order valence-electron chi connectivity index (χ0n) is 15.8. The summed E-state index contributed by atoms with van der Waals surface area (Å²) in [5, 5.41) is 0.700. The van der Waals surface area contributed by atoms with E-state index in [0.717, 1.165) is 31.5 Å². The predicted molar refractivity (Wildman–Crippen MR) is 110 cm³/mol. The third kappa shape index (κ3) is 3.51. The Morgan fingerprint density at radius 2 is 1.85 bits per heavy atom. The van der Waals surface area contributed by atoms with Gasteiger partial charge in [0.2, 0.25) is 5.91 Å². The summed E-state index contributed by atoms with van der Waals surface area (Å²) in [6, 6.07) is 15.9. The van der Waals surface area contributed by atoms with Crippen LogP contribution >= 0.6 is 11.6 Å². The van der Waals surface area contributed by atoms with Crippen molar-refractivity contribution in [2.45, 2.75) is 50.0 Å². The number of benzene rings is 2. The van der Waals surface area contributed by atoms with Crippen LogP contribution in [0.5, 0.6) is 0 Å². The lowest BCUT2D eigenvalue weighted by molar-refractivity contribution is -0.134. The van der Waals surface area contributed by atoms with Crippen LogP contribution in [0, 0.1) is 0 Å². The summed E-state index contributed by atoms with van der Waals surface area (Å²) in [6.45, 7) is 3.93. The Kier molecular flexibility index (Phi) is 5.00.